The molecule has 1 aliphatic heterocycles. The highest BCUT2D eigenvalue weighted by Crippen LogP contribution is 2.44. The molecule has 2 fully saturated rings. The first-order valence-electron chi connectivity index (χ1n) is 9.22. The van der Waals surface area contributed by atoms with Crippen molar-refractivity contribution in [2.45, 2.75) is 50.5 Å². The molecule has 4 rings (SSSR count). The van der Waals surface area contributed by atoms with E-state index in [4.69, 9.17) is 4.74 Å². The number of aromatic nitrogens is 1. The van der Waals surface area contributed by atoms with Gasteiger partial charge in [0.05, 0.1) is 22.7 Å². The van der Waals surface area contributed by atoms with Gasteiger partial charge < -0.3 is 10.1 Å². The molecule has 2 aliphatic rings. The molecule has 1 aliphatic carbocycles. The third kappa shape index (κ3) is 3.92. The van der Waals surface area contributed by atoms with Crippen LogP contribution in [-0.2, 0) is 11.3 Å². The van der Waals surface area contributed by atoms with Crippen molar-refractivity contribution in [1.29, 1.82) is 0 Å². The summed E-state index contributed by atoms with van der Waals surface area (Å²) in [5, 5.41) is 15.0. The minimum absolute atomic E-state index is 0.0516. The first-order valence-corrected chi connectivity index (χ1v) is 9.22. The second kappa shape index (κ2) is 7.51. The van der Waals surface area contributed by atoms with Gasteiger partial charge in [0.2, 0.25) is 0 Å². The van der Waals surface area contributed by atoms with E-state index in [-0.39, 0.29) is 28.9 Å². The Morgan fingerprint density at radius 3 is 2.73 bits per heavy atom. The average Bonchev–Trinajstić information content (AvgIpc) is 3.52. The SMILES string of the molecule is O=[N+]([O-])c1cnccc1C1CC(NCc2ccccc2)CC(C2CC2)O1. The zero-order valence-corrected chi connectivity index (χ0v) is 14.6. The fourth-order valence-corrected chi connectivity index (χ4v) is 3.78. The van der Waals surface area contributed by atoms with E-state index < -0.39 is 0 Å². The van der Waals surface area contributed by atoms with E-state index in [1.54, 1.807) is 12.3 Å². The van der Waals surface area contributed by atoms with Gasteiger partial charge in [-0.3, -0.25) is 15.1 Å². The second-order valence-electron chi connectivity index (χ2n) is 7.23. The Labute approximate surface area is 152 Å². The summed E-state index contributed by atoms with van der Waals surface area (Å²) >= 11 is 0. The standard InChI is InChI=1S/C20H23N3O3/c24-23(25)18-13-21-9-8-17(18)20-11-16(10-19(26-20)15-6-7-15)22-12-14-4-2-1-3-5-14/h1-5,8-9,13,15-16,19-20,22H,6-7,10-12H2. The van der Waals surface area contributed by atoms with Crippen molar-refractivity contribution in [3.63, 3.8) is 0 Å². The quantitative estimate of drug-likeness (QED) is 0.632. The summed E-state index contributed by atoms with van der Waals surface area (Å²) in [6.45, 7) is 0.800. The van der Waals surface area contributed by atoms with Gasteiger partial charge in [0.25, 0.3) is 5.69 Å². The summed E-state index contributed by atoms with van der Waals surface area (Å²) < 4.78 is 6.30. The Morgan fingerprint density at radius 1 is 1.19 bits per heavy atom. The van der Waals surface area contributed by atoms with Crippen LogP contribution in [0.3, 0.4) is 0 Å². The van der Waals surface area contributed by atoms with E-state index in [1.807, 2.05) is 18.2 Å². The molecule has 3 atom stereocenters. The fourth-order valence-electron chi connectivity index (χ4n) is 3.78. The molecule has 6 heteroatoms. The highest BCUT2D eigenvalue weighted by molar-refractivity contribution is 5.39. The molecule has 0 bridgehead atoms. The van der Waals surface area contributed by atoms with Crippen LogP contribution in [0.15, 0.2) is 48.8 Å². The van der Waals surface area contributed by atoms with Crippen LogP contribution in [0.1, 0.15) is 42.9 Å². The summed E-state index contributed by atoms with van der Waals surface area (Å²) in [4.78, 5) is 14.9. The van der Waals surface area contributed by atoms with Crippen LogP contribution in [0.25, 0.3) is 0 Å². The Balaban J connectivity index is 1.51. The van der Waals surface area contributed by atoms with Crippen molar-refractivity contribution in [1.82, 2.24) is 10.3 Å². The summed E-state index contributed by atoms with van der Waals surface area (Å²) in [5.74, 6) is 0.597. The monoisotopic (exact) mass is 353 g/mol. The minimum atomic E-state index is -0.362. The van der Waals surface area contributed by atoms with E-state index in [0.29, 0.717) is 11.5 Å². The topological polar surface area (TPSA) is 77.3 Å². The van der Waals surface area contributed by atoms with E-state index in [1.165, 1.54) is 24.6 Å². The van der Waals surface area contributed by atoms with Gasteiger partial charge in [0.1, 0.15) is 6.20 Å². The molecule has 0 spiro atoms. The molecule has 1 aromatic heterocycles. The van der Waals surface area contributed by atoms with Crippen LogP contribution in [0.5, 0.6) is 0 Å². The van der Waals surface area contributed by atoms with E-state index in [0.717, 1.165) is 19.4 Å². The molecule has 26 heavy (non-hydrogen) atoms. The summed E-state index contributed by atoms with van der Waals surface area (Å²) in [6, 6.07) is 12.3. The molecule has 1 N–H and O–H groups in total. The lowest BCUT2D eigenvalue weighted by Crippen LogP contribution is -2.41. The van der Waals surface area contributed by atoms with Crippen molar-refractivity contribution >= 4 is 5.69 Å². The lowest BCUT2D eigenvalue weighted by Gasteiger charge is -2.36. The molecule has 2 heterocycles. The molecule has 2 aromatic rings. The number of pyridine rings is 1. The highest BCUT2D eigenvalue weighted by atomic mass is 16.6. The number of hydrogen-bond acceptors (Lipinski definition) is 5. The Hall–Kier alpha value is -2.31. The maximum Gasteiger partial charge on any atom is 0.293 e. The molecular formula is C20H23N3O3. The second-order valence-corrected chi connectivity index (χ2v) is 7.23. The minimum Gasteiger partial charge on any atom is -0.370 e. The van der Waals surface area contributed by atoms with Crippen molar-refractivity contribution in [2.24, 2.45) is 5.92 Å². The van der Waals surface area contributed by atoms with Gasteiger partial charge in [-0.25, -0.2) is 0 Å². The number of ether oxygens (including phenoxy) is 1. The number of nitrogens with zero attached hydrogens (tertiary/aromatic N) is 2. The van der Waals surface area contributed by atoms with Gasteiger partial charge in [-0.2, -0.15) is 0 Å². The van der Waals surface area contributed by atoms with Gasteiger partial charge in [0, 0.05) is 18.8 Å². The van der Waals surface area contributed by atoms with Crippen molar-refractivity contribution < 1.29 is 9.66 Å². The number of hydrogen-bond donors (Lipinski definition) is 1. The van der Waals surface area contributed by atoms with Crippen LogP contribution >= 0.6 is 0 Å². The maximum absolute atomic E-state index is 11.4. The Kier molecular flexibility index (Phi) is 4.95. The molecule has 0 amide bonds. The summed E-state index contributed by atoms with van der Waals surface area (Å²) in [5.41, 5.74) is 1.94. The van der Waals surface area contributed by atoms with Gasteiger partial charge in [-0.05, 0) is 43.2 Å². The number of nitro groups is 1. The molecule has 1 saturated carbocycles. The van der Waals surface area contributed by atoms with E-state index in [2.05, 4.69) is 22.4 Å². The van der Waals surface area contributed by atoms with Gasteiger partial charge in [-0.1, -0.05) is 30.3 Å². The Bertz CT molecular complexity index is 764. The number of rotatable bonds is 6. The largest absolute Gasteiger partial charge is 0.370 e. The van der Waals surface area contributed by atoms with Crippen LogP contribution < -0.4 is 5.32 Å². The number of nitrogens with one attached hydrogen (secondary N) is 1. The van der Waals surface area contributed by atoms with Crippen molar-refractivity contribution in [3.8, 4) is 0 Å². The Morgan fingerprint density at radius 2 is 2.00 bits per heavy atom. The molecule has 0 radical (unpaired) electrons. The van der Waals surface area contributed by atoms with Crippen molar-refractivity contribution in [2.75, 3.05) is 0 Å². The predicted octanol–water partition coefficient (Wildman–Crippen LogP) is 3.78. The van der Waals surface area contributed by atoms with Gasteiger partial charge in [-0.15, -0.1) is 0 Å². The normalized spacial score (nSPS) is 25.8. The van der Waals surface area contributed by atoms with Crippen LogP contribution in [-0.4, -0.2) is 22.1 Å². The lowest BCUT2D eigenvalue weighted by molar-refractivity contribution is -0.386. The first-order chi connectivity index (χ1) is 12.7. The molecule has 3 unspecified atom stereocenters. The number of benzene rings is 1. The van der Waals surface area contributed by atoms with Gasteiger partial charge in [0.15, 0.2) is 0 Å². The third-order valence-corrected chi connectivity index (χ3v) is 5.32. The summed E-state index contributed by atoms with van der Waals surface area (Å²) in [7, 11) is 0. The van der Waals surface area contributed by atoms with Crippen LogP contribution in [0, 0.1) is 16.0 Å². The van der Waals surface area contributed by atoms with Crippen molar-refractivity contribution in [3.05, 3.63) is 70.0 Å². The predicted molar refractivity (Wildman–Crippen MR) is 97.5 cm³/mol. The third-order valence-electron chi connectivity index (χ3n) is 5.32. The van der Waals surface area contributed by atoms with E-state index in [9.17, 15) is 10.1 Å². The van der Waals surface area contributed by atoms with Gasteiger partial charge >= 0.3 is 0 Å². The molecule has 6 nitrogen and oxygen atoms in total. The maximum atomic E-state index is 11.4. The average molecular weight is 353 g/mol. The van der Waals surface area contributed by atoms with Crippen LogP contribution in [0.2, 0.25) is 0 Å². The van der Waals surface area contributed by atoms with Crippen LogP contribution in [0.4, 0.5) is 5.69 Å². The van der Waals surface area contributed by atoms with E-state index >= 15 is 0 Å². The first kappa shape index (κ1) is 17.1. The summed E-state index contributed by atoms with van der Waals surface area (Å²) in [6.07, 6.45) is 6.95. The lowest BCUT2D eigenvalue weighted by atomic mass is 9.92. The fraction of sp³-hybridized carbons (Fsp3) is 0.450. The molecule has 1 saturated heterocycles. The zero-order valence-electron chi connectivity index (χ0n) is 14.6. The molecular weight excluding hydrogens is 330 g/mol. The highest BCUT2D eigenvalue weighted by Gasteiger charge is 2.40. The molecule has 1 aromatic carbocycles. The zero-order chi connectivity index (χ0) is 17.9. The smallest absolute Gasteiger partial charge is 0.293 e. The molecule has 136 valence electrons.